The fourth-order valence-corrected chi connectivity index (χ4v) is 2.10. The Balaban J connectivity index is 1.80. The van der Waals surface area contributed by atoms with Crippen molar-refractivity contribution < 1.29 is 4.79 Å². The molecule has 0 saturated heterocycles. The maximum absolute atomic E-state index is 12.3. The van der Waals surface area contributed by atoms with E-state index in [1.54, 1.807) is 30.7 Å². The maximum Gasteiger partial charge on any atom is 0.251 e. The molecule has 3 rings (SSSR count). The Labute approximate surface area is 122 Å². The molecule has 0 unspecified atom stereocenters. The Bertz CT molecular complexity index is 773. The predicted octanol–water partition coefficient (Wildman–Crippen LogP) is 2.52. The molecule has 2 aromatic heterocycles. The summed E-state index contributed by atoms with van der Waals surface area (Å²) < 4.78 is 0. The first-order chi connectivity index (χ1) is 10.2. The molecule has 1 aromatic carbocycles. The van der Waals surface area contributed by atoms with Gasteiger partial charge in [-0.15, -0.1) is 0 Å². The highest BCUT2D eigenvalue weighted by Crippen LogP contribution is 2.14. The number of carbonyl (C=O) groups is 1. The van der Waals surface area contributed by atoms with E-state index >= 15 is 0 Å². The van der Waals surface area contributed by atoms with Crippen LogP contribution >= 0.6 is 0 Å². The molecule has 5 heteroatoms. The van der Waals surface area contributed by atoms with Crippen LogP contribution in [-0.4, -0.2) is 20.9 Å². The number of nitrogens with one attached hydrogen (secondary N) is 1. The van der Waals surface area contributed by atoms with Crippen LogP contribution in [0.3, 0.4) is 0 Å². The maximum atomic E-state index is 12.3. The monoisotopic (exact) mass is 278 g/mol. The molecule has 1 N–H and O–H groups in total. The average Bonchev–Trinajstić information content (AvgIpc) is 2.55. The molecule has 0 radical (unpaired) electrons. The van der Waals surface area contributed by atoms with Gasteiger partial charge >= 0.3 is 0 Å². The molecule has 0 aliphatic rings. The second-order valence-corrected chi connectivity index (χ2v) is 4.71. The Morgan fingerprint density at radius 3 is 2.62 bits per heavy atom. The molecule has 0 bridgehead atoms. The van der Waals surface area contributed by atoms with Crippen LogP contribution < -0.4 is 5.32 Å². The third-order valence-electron chi connectivity index (χ3n) is 3.19. The van der Waals surface area contributed by atoms with Gasteiger partial charge in [0.25, 0.3) is 5.91 Å². The zero-order valence-corrected chi connectivity index (χ0v) is 11.5. The summed E-state index contributed by atoms with van der Waals surface area (Å²) in [6.07, 6.45) is 5.05. The van der Waals surface area contributed by atoms with E-state index in [9.17, 15) is 4.79 Å². The summed E-state index contributed by atoms with van der Waals surface area (Å²) in [5, 5.41) is 3.83. The number of aromatic nitrogens is 3. The standard InChI is InChI=1S/C16H14N4O/c1-11(15-18-8-3-9-19-15)20-16(21)13-5-6-14-12(10-13)4-2-7-17-14/h2-11H,1H3,(H,20,21)/t11-/m1/s1. The number of amides is 1. The molecule has 0 spiro atoms. The van der Waals surface area contributed by atoms with Crippen molar-refractivity contribution in [3.63, 3.8) is 0 Å². The van der Waals surface area contributed by atoms with Crippen molar-refractivity contribution in [3.8, 4) is 0 Å². The fourth-order valence-electron chi connectivity index (χ4n) is 2.10. The summed E-state index contributed by atoms with van der Waals surface area (Å²) in [5.41, 5.74) is 1.46. The van der Waals surface area contributed by atoms with Crippen LogP contribution in [0.25, 0.3) is 10.9 Å². The van der Waals surface area contributed by atoms with Gasteiger partial charge in [0.15, 0.2) is 0 Å². The molecule has 0 aliphatic heterocycles. The number of fused-ring (bicyclic) bond motifs is 1. The zero-order valence-electron chi connectivity index (χ0n) is 11.5. The van der Waals surface area contributed by atoms with Gasteiger partial charge in [-0.3, -0.25) is 9.78 Å². The largest absolute Gasteiger partial charge is 0.342 e. The summed E-state index contributed by atoms with van der Waals surface area (Å²) in [7, 11) is 0. The smallest absolute Gasteiger partial charge is 0.251 e. The number of hydrogen-bond donors (Lipinski definition) is 1. The lowest BCUT2D eigenvalue weighted by Crippen LogP contribution is -2.27. The number of benzene rings is 1. The number of rotatable bonds is 3. The summed E-state index contributed by atoms with van der Waals surface area (Å²) >= 11 is 0. The molecule has 0 saturated carbocycles. The van der Waals surface area contributed by atoms with E-state index in [0.717, 1.165) is 10.9 Å². The van der Waals surface area contributed by atoms with Crippen LogP contribution in [0.2, 0.25) is 0 Å². The van der Waals surface area contributed by atoms with Gasteiger partial charge in [-0.25, -0.2) is 9.97 Å². The minimum Gasteiger partial charge on any atom is -0.342 e. The second-order valence-electron chi connectivity index (χ2n) is 4.71. The molecular weight excluding hydrogens is 264 g/mol. The molecule has 3 aromatic rings. The van der Waals surface area contributed by atoms with Crippen molar-refractivity contribution in [2.24, 2.45) is 0 Å². The second kappa shape index (κ2) is 5.66. The molecule has 104 valence electrons. The zero-order chi connectivity index (χ0) is 14.7. The highest BCUT2D eigenvalue weighted by atomic mass is 16.1. The van der Waals surface area contributed by atoms with Crippen molar-refractivity contribution in [1.82, 2.24) is 20.3 Å². The third kappa shape index (κ3) is 2.86. The molecule has 0 fully saturated rings. The van der Waals surface area contributed by atoms with E-state index < -0.39 is 0 Å². The van der Waals surface area contributed by atoms with Crippen LogP contribution in [0, 0.1) is 0 Å². The van der Waals surface area contributed by atoms with Gasteiger partial charge in [0.2, 0.25) is 0 Å². The molecule has 1 amide bonds. The minimum absolute atomic E-state index is 0.152. The lowest BCUT2D eigenvalue weighted by molar-refractivity contribution is 0.0938. The average molecular weight is 278 g/mol. The Morgan fingerprint density at radius 2 is 1.81 bits per heavy atom. The lowest BCUT2D eigenvalue weighted by atomic mass is 10.1. The van der Waals surface area contributed by atoms with E-state index in [-0.39, 0.29) is 11.9 Å². The van der Waals surface area contributed by atoms with E-state index in [2.05, 4.69) is 20.3 Å². The summed E-state index contributed by atoms with van der Waals surface area (Å²) in [6.45, 7) is 1.86. The Hall–Kier alpha value is -2.82. The topological polar surface area (TPSA) is 67.8 Å². The first kappa shape index (κ1) is 13.2. The molecule has 2 heterocycles. The van der Waals surface area contributed by atoms with Crippen LogP contribution in [-0.2, 0) is 0 Å². The Morgan fingerprint density at radius 1 is 1.05 bits per heavy atom. The minimum atomic E-state index is -0.247. The highest BCUT2D eigenvalue weighted by Gasteiger charge is 2.13. The van der Waals surface area contributed by atoms with Crippen LogP contribution in [0.1, 0.15) is 29.1 Å². The first-order valence-corrected chi connectivity index (χ1v) is 6.66. The van der Waals surface area contributed by atoms with Gasteiger partial charge in [0.05, 0.1) is 11.6 Å². The number of pyridine rings is 1. The predicted molar refractivity (Wildman–Crippen MR) is 79.7 cm³/mol. The van der Waals surface area contributed by atoms with Crippen molar-refractivity contribution >= 4 is 16.8 Å². The highest BCUT2D eigenvalue weighted by molar-refractivity contribution is 5.98. The van der Waals surface area contributed by atoms with Gasteiger partial charge in [-0.05, 0) is 37.3 Å². The third-order valence-corrected chi connectivity index (χ3v) is 3.19. The fraction of sp³-hybridized carbons (Fsp3) is 0.125. The summed E-state index contributed by atoms with van der Waals surface area (Å²) in [6, 6.07) is 10.7. The summed E-state index contributed by atoms with van der Waals surface area (Å²) in [4.78, 5) is 24.8. The van der Waals surface area contributed by atoms with Crippen molar-refractivity contribution in [2.75, 3.05) is 0 Å². The van der Waals surface area contributed by atoms with E-state index in [1.165, 1.54) is 0 Å². The van der Waals surface area contributed by atoms with E-state index in [4.69, 9.17) is 0 Å². The lowest BCUT2D eigenvalue weighted by Gasteiger charge is -2.12. The van der Waals surface area contributed by atoms with E-state index in [1.807, 2.05) is 31.2 Å². The SMILES string of the molecule is C[C@@H](NC(=O)c1ccc2ncccc2c1)c1ncccn1. The van der Waals surface area contributed by atoms with Gasteiger partial charge in [-0.2, -0.15) is 0 Å². The van der Waals surface area contributed by atoms with Crippen molar-refractivity contribution in [2.45, 2.75) is 13.0 Å². The van der Waals surface area contributed by atoms with E-state index in [0.29, 0.717) is 11.4 Å². The number of carbonyl (C=O) groups excluding carboxylic acids is 1. The van der Waals surface area contributed by atoms with Gasteiger partial charge in [0.1, 0.15) is 5.82 Å². The quantitative estimate of drug-likeness (QED) is 0.799. The van der Waals surface area contributed by atoms with Crippen molar-refractivity contribution in [1.29, 1.82) is 0 Å². The number of hydrogen-bond acceptors (Lipinski definition) is 4. The summed E-state index contributed by atoms with van der Waals surface area (Å²) in [5.74, 6) is 0.439. The molecule has 1 atom stereocenters. The van der Waals surface area contributed by atoms with Crippen LogP contribution in [0.5, 0.6) is 0 Å². The van der Waals surface area contributed by atoms with Crippen molar-refractivity contribution in [3.05, 3.63) is 66.4 Å². The van der Waals surface area contributed by atoms with Gasteiger partial charge < -0.3 is 5.32 Å². The number of nitrogens with zero attached hydrogens (tertiary/aromatic N) is 3. The molecular formula is C16H14N4O. The molecule has 21 heavy (non-hydrogen) atoms. The van der Waals surface area contributed by atoms with Gasteiger partial charge in [-0.1, -0.05) is 6.07 Å². The molecule has 5 nitrogen and oxygen atoms in total. The Kier molecular flexibility index (Phi) is 3.55. The van der Waals surface area contributed by atoms with Crippen LogP contribution in [0.15, 0.2) is 55.0 Å². The molecule has 0 aliphatic carbocycles. The normalized spacial score (nSPS) is 12.0. The first-order valence-electron chi connectivity index (χ1n) is 6.66. The van der Waals surface area contributed by atoms with Gasteiger partial charge in [0, 0.05) is 29.5 Å². The van der Waals surface area contributed by atoms with Crippen LogP contribution in [0.4, 0.5) is 0 Å².